The molecule has 0 aromatic carbocycles. The molecule has 0 aliphatic carbocycles. The van der Waals surface area contributed by atoms with E-state index in [0.717, 1.165) is 6.92 Å². The van der Waals surface area contributed by atoms with Crippen LogP contribution in [0.25, 0.3) is 0 Å². The van der Waals surface area contributed by atoms with Crippen LogP contribution >= 0.6 is 7.82 Å². The van der Waals surface area contributed by atoms with Gasteiger partial charge in [-0.05, 0) is 0 Å². The minimum absolute atomic E-state index is 0.183. The van der Waals surface area contributed by atoms with Crippen LogP contribution in [0.1, 0.15) is 13.3 Å². The molecular weight excluding hydrogens is 337 g/mol. The number of carbonyl (C=O) groups is 2. The van der Waals surface area contributed by atoms with Crippen molar-refractivity contribution in [1.29, 1.82) is 5.26 Å². The number of hydrogen-bond donors (Lipinski definition) is 5. The van der Waals surface area contributed by atoms with Crippen LogP contribution in [-0.4, -0.2) is 74.5 Å². The van der Waals surface area contributed by atoms with E-state index in [9.17, 15) is 39.5 Å². The second-order valence-electron chi connectivity index (χ2n) is 4.42. The Morgan fingerprint density at radius 3 is 2.22 bits per heavy atom. The normalized spacial score (nSPS) is 19.0. The number of carbonyl (C=O) groups excluding carboxylic acids is 2. The van der Waals surface area contributed by atoms with E-state index in [1.165, 1.54) is 0 Å². The number of nitriles is 1. The van der Waals surface area contributed by atoms with Crippen molar-refractivity contribution in [1.82, 2.24) is 0 Å². The number of ketones is 2. The monoisotopic (exact) mass is 355 g/mol. The van der Waals surface area contributed by atoms with Crippen molar-refractivity contribution in [3.8, 4) is 6.07 Å². The van der Waals surface area contributed by atoms with Crippen LogP contribution in [0.15, 0.2) is 0 Å². The summed E-state index contributed by atoms with van der Waals surface area (Å²) < 4.78 is 20.0. The number of phosphoric acid groups is 1. The molecule has 0 saturated carbocycles. The van der Waals surface area contributed by atoms with Gasteiger partial charge in [-0.3, -0.25) is 18.6 Å². The van der Waals surface area contributed by atoms with E-state index in [1.807, 2.05) is 0 Å². The fraction of sp³-hybridized carbons (Fsp3) is 0.727. The zero-order valence-electron chi connectivity index (χ0n) is 12.1. The van der Waals surface area contributed by atoms with Gasteiger partial charge in [-0.15, -0.1) is 0 Å². The van der Waals surface area contributed by atoms with Crippen molar-refractivity contribution in [2.45, 2.75) is 37.8 Å². The van der Waals surface area contributed by atoms with Gasteiger partial charge in [0.05, 0.1) is 25.7 Å². The maximum Gasteiger partial charge on any atom is 0.472 e. The summed E-state index contributed by atoms with van der Waals surface area (Å²) >= 11 is 0. The predicted molar refractivity (Wildman–Crippen MR) is 71.7 cm³/mol. The van der Waals surface area contributed by atoms with Gasteiger partial charge in [0.1, 0.15) is 24.4 Å². The van der Waals surface area contributed by atoms with Gasteiger partial charge < -0.3 is 25.3 Å². The molecule has 0 spiro atoms. The third-order valence-electron chi connectivity index (χ3n) is 2.56. The number of aliphatic hydroxyl groups is 4. The van der Waals surface area contributed by atoms with E-state index in [2.05, 4.69) is 9.05 Å². The molecule has 0 aromatic heterocycles. The number of Topliss-reactive ketones (excluding diaryl/α,β-unsaturated/α-hetero) is 2. The van der Waals surface area contributed by atoms with Gasteiger partial charge in [-0.2, -0.15) is 5.26 Å². The van der Waals surface area contributed by atoms with Crippen molar-refractivity contribution in [3.63, 3.8) is 0 Å². The van der Waals surface area contributed by atoms with Crippen LogP contribution < -0.4 is 0 Å². The van der Waals surface area contributed by atoms with Crippen LogP contribution in [0.2, 0.25) is 0 Å². The Bertz CT molecular complexity index is 504. The molecular formula is C11H18NO10P. The molecule has 0 aromatic rings. The third-order valence-corrected chi connectivity index (χ3v) is 3.54. The first kappa shape index (κ1) is 21.8. The van der Waals surface area contributed by atoms with Crippen LogP contribution in [-0.2, 0) is 23.2 Å². The van der Waals surface area contributed by atoms with Gasteiger partial charge in [0.2, 0.25) is 5.78 Å². The Labute approximate surface area is 131 Å². The van der Waals surface area contributed by atoms with Crippen LogP contribution in [0.4, 0.5) is 0 Å². The first-order chi connectivity index (χ1) is 10.5. The largest absolute Gasteiger partial charge is 0.472 e. The van der Waals surface area contributed by atoms with Crippen LogP contribution in [0, 0.1) is 11.3 Å². The van der Waals surface area contributed by atoms with Gasteiger partial charge >= 0.3 is 7.82 Å². The summed E-state index contributed by atoms with van der Waals surface area (Å²) in [6.45, 7) is -0.554. The second kappa shape index (κ2) is 9.82. The van der Waals surface area contributed by atoms with Crippen molar-refractivity contribution in [3.05, 3.63) is 0 Å². The number of rotatable bonds is 11. The molecule has 12 heteroatoms. The molecule has 1 unspecified atom stereocenters. The van der Waals surface area contributed by atoms with E-state index in [1.54, 1.807) is 6.07 Å². The van der Waals surface area contributed by atoms with Crippen molar-refractivity contribution >= 4 is 19.4 Å². The van der Waals surface area contributed by atoms with Gasteiger partial charge in [-0.25, -0.2) is 4.57 Å². The topological polar surface area (TPSA) is 195 Å². The van der Waals surface area contributed by atoms with Crippen LogP contribution in [0.5, 0.6) is 0 Å². The Balaban J connectivity index is 4.52. The summed E-state index contributed by atoms with van der Waals surface area (Å²) in [5.41, 5.74) is 0. The molecule has 0 saturated heterocycles. The van der Waals surface area contributed by atoms with Gasteiger partial charge in [0.25, 0.3) is 0 Å². The molecule has 0 bridgehead atoms. The Kier molecular flexibility index (Phi) is 9.29. The molecule has 0 fully saturated rings. The second-order valence-corrected chi connectivity index (χ2v) is 5.87. The lowest BCUT2D eigenvalue weighted by Crippen LogP contribution is -2.50. The van der Waals surface area contributed by atoms with E-state index in [0.29, 0.717) is 0 Å². The summed E-state index contributed by atoms with van der Waals surface area (Å²) in [6.07, 6.45) is -8.80. The van der Waals surface area contributed by atoms with Crippen LogP contribution in [0.3, 0.4) is 0 Å². The van der Waals surface area contributed by atoms with E-state index >= 15 is 0 Å². The summed E-state index contributed by atoms with van der Waals surface area (Å²) in [6, 6.07) is 1.65. The van der Waals surface area contributed by atoms with Crippen molar-refractivity contribution in [2.24, 2.45) is 0 Å². The van der Waals surface area contributed by atoms with E-state index < -0.39 is 57.0 Å². The highest BCUT2D eigenvalue weighted by Crippen LogP contribution is 2.43. The van der Waals surface area contributed by atoms with E-state index in [-0.39, 0.29) is 6.42 Å². The molecule has 0 rings (SSSR count). The van der Waals surface area contributed by atoms with Gasteiger partial charge in [0.15, 0.2) is 5.78 Å². The minimum atomic E-state index is -4.59. The fourth-order valence-corrected chi connectivity index (χ4v) is 2.03. The Morgan fingerprint density at radius 1 is 1.17 bits per heavy atom. The zero-order valence-corrected chi connectivity index (χ0v) is 13.0. The SMILES string of the molecule is CC(=O)C(=O)[C@H](O)[C@@H](O)[C@H](O)[C@H](O)COP(=O)(O)OCCC#N. The maximum atomic E-state index is 11.3. The maximum absolute atomic E-state index is 11.3. The molecule has 5 atom stereocenters. The van der Waals surface area contributed by atoms with E-state index in [4.69, 9.17) is 5.26 Å². The molecule has 0 aliphatic heterocycles. The number of nitrogens with zero attached hydrogens (tertiary/aromatic N) is 1. The number of aliphatic hydroxyl groups excluding tert-OH is 4. The Hall–Kier alpha value is -1.22. The lowest BCUT2D eigenvalue weighted by Gasteiger charge is -2.25. The molecule has 11 nitrogen and oxygen atoms in total. The third kappa shape index (κ3) is 7.74. The summed E-state index contributed by atoms with van der Waals surface area (Å²) in [4.78, 5) is 31.1. The molecule has 132 valence electrons. The average Bonchev–Trinajstić information content (AvgIpc) is 2.49. The quantitative estimate of drug-likeness (QED) is 0.151. The molecule has 0 amide bonds. The molecule has 23 heavy (non-hydrogen) atoms. The van der Waals surface area contributed by atoms with Crippen molar-refractivity contribution < 1.29 is 48.5 Å². The first-order valence-electron chi connectivity index (χ1n) is 6.29. The predicted octanol–water partition coefficient (Wildman–Crippen LogP) is -2.36. The summed E-state index contributed by atoms with van der Waals surface area (Å²) in [5.74, 6) is -2.45. The lowest BCUT2D eigenvalue weighted by molar-refractivity contribution is -0.153. The van der Waals surface area contributed by atoms with Gasteiger partial charge in [-0.1, -0.05) is 0 Å². The minimum Gasteiger partial charge on any atom is -0.388 e. The highest BCUT2D eigenvalue weighted by Gasteiger charge is 2.36. The number of phosphoric ester groups is 1. The average molecular weight is 355 g/mol. The summed E-state index contributed by atoms with van der Waals surface area (Å²) in [7, 11) is -4.59. The zero-order chi connectivity index (χ0) is 18.2. The molecule has 0 heterocycles. The highest BCUT2D eigenvalue weighted by molar-refractivity contribution is 7.47. The lowest BCUT2D eigenvalue weighted by atomic mass is 9.99. The smallest absolute Gasteiger partial charge is 0.388 e. The molecule has 0 aliphatic rings. The van der Waals surface area contributed by atoms with Gasteiger partial charge in [0, 0.05) is 6.92 Å². The standard InChI is InChI=1S/C11H18NO10P/c1-6(13)8(15)10(17)11(18)9(16)7(14)5-22-23(19,20)21-4-2-3-12/h7,9-11,14,16-18H,2,4-5H2,1H3,(H,19,20)/t7-,9-,10+,11+/m1/s1. The molecule has 0 radical (unpaired) electrons. The Morgan fingerprint density at radius 2 is 1.74 bits per heavy atom. The molecule has 5 N–H and O–H groups in total. The fourth-order valence-electron chi connectivity index (χ4n) is 1.29. The highest BCUT2D eigenvalue weighted by atomic mass is 31.2. The van der Waals surface area contributed by atoms with Crippen molar-refractivity contribution in [2.75, 3.05) is 13.2 Å². The first-order valence-corrected chi connectivity index (χ1v) is 7.79. The summed E-state index contributed by atoms with van der Waals surface area (Å²) in [5, 5.41) is 46.1. The number of hydrogen-bond acceptors (Lipinski definition) is 10.